The number of rotatable bonds is 8. The molecule has 0 amide bonds. The molecule has 12 heteroatoms. The zero-order valence-electron chi connectivity index (χ0n) is 23.5. The van der Waals surface area contributed by atoms with Crippen LogP contribution in [0.4, 0.5) is 24.7 Å². The number of hydrogen-bond acceptors (Lipinski definition) is 7. The Morgan fingerprint density at radius 2 is 2.00 bits per heavy atom. The van der Waals surface area contributed by atoms with E-state index in [-0.39, 0.29) is 42.6 Å². The number of nitriles is 1. The van der Waals surface area contributed by atoms with E-state index in [0.717, 1.165) is 0 Å². The molecule has 2 aromatic heterocycles. The fourth-order valence-electron chi connectivity index (χ4n) is 5.16. The maximum absolute atomic E-state index is 13.6. The maximum Gasteiger partial charge on any atom is 0.395 e. The number of pyridine rings is 1. The van der Waals surface area contributed by atoms with Crippen molar-refractivity contribution in [3.63, 3.8) is 0 Å². The Hall–Kier alpha value is -3.85. The number of benzene rings is 1. The summed E-state index contributed by atoms with van der Waals surface area (Å²) in [5.74, 6) is -1.87. The van der Waals surface area contributed by atoms with Gasteiger partial charge in [-0.3, -0.25) is 9.48 Å². The number of alkyl halides is 3. The number of aromatic amines is 1. The van der Waals surface area contributed by atoms with Gasteiger partial charge in [-0.2, -0.15) is 23.5 Å². The highest BCUT2D eigenvalue weighted by Gasteiger charge is 2.43. The van der Waals surface area contributed by atoms with Crippen LogP contribution in [0.25, 0.3) is 10.9 Å². The minimum absolute atomic E-state index is 0.00200. The second kappa shape index (κ2) is 11.6. The number of ether oxygens (including phenoxy) is 2. The van der Waals surface area contributed by atoms with Crippen LogP contribution in [-0.2, 0) is 19.8 Å². The number of aromatic nitrogens is 3. The Kier molecular flexibility index (Phi) is 8.49. The first-order chi connectivity index (χ1) is 19.3. The molecule has 9 nitrogen and oxygen atoms in total. The Bertz CT molecular complexity index is 1470. The van der Waals surface area contributed by atoms with Crippen molar-refractivity contribution >= 4 is 28.4 Å². The monoisotopic (exact) mass is 573 g/mol. The second-order valence-electron chi connectivity index (χ2n) is 11.4. The van der Waals surface area contributed by atoms with Gasteiger partial charge in [0, 0.05) is 11.9 Å². The molecule has 1 aliphatic rings. The zero-order chi connectivity index (χ0) is 30.0. The Labute approximate surface area is 235 Å². The molecule has 4 rings (SSSR count). The standard InChI is InChI=1S/C29H34F3N5O4/c1-5-6-20(29(30,31)32)18-7-9-19(10-8-18)35-24-23-21(12-16-34-25(23)38)37(36-24)28(14-15-33)13-11-22(40-17-28)26(39)41-27(2,3)4/h7-10,12,16,20,22H,5-6,11,13-14,17H2,1-4H3,(H,34,38)(H,35,36)/t20?,22-,28-/m0/s1. The average molecular weight is 574 g/mol. The number of fused-ring (bicyclic) bond motifs is 1. The number of H-pyrrole nitrogens is 1. The van der Waals surface area contributed by atoms with Gasteiger partial charge in [-0.15, -0.1) is 0 Å². The Morgan fingerprint density at radius 1 is 1.29 bits per heavy atom. The highest BCUT2D eigenvalue weighted by Crippen LogP contribution is 2.40. The third kappa shape index (κ3) is 6.56. The molecule has 1 aliphatic heterocycles. The lowest BCUT2D eigenvalue weighted by atomic mass is 9.87. The van der Waals surface area contributed by atoms with Crippen LogP contribution in [0, 0.1) is 11.3 Å². The minimum atomic E-state index is -4.35. The van der Waals surface area contributed by atoms with Gasteiger partial charge in [0.15, 0.2) is 11.9 Å². The summed E-state index contributed by atoms with van der Waals surface area (Å²) in [6.45, 7) is 7.00. The summed E-state index contributed by atoms with van der Waals surface area (Å²) in [4.78, 5) is 28.1. The molecule has 0 spiro atoms. The van der Waals surface area contributed by atoms with Crippen molar-refractivity contribution in [2.45, 2.75) is 89.1 Å². The molecule has 41 heavy (non-hydrogen) atoms. The van der Waals surface area contributed by atoms with Crippen molar-refractivity contribution in [3.05, 3.63) is 52.4 Å². The Balaban J connectivity index is 1.66. The van der Waals surface area contributed by atoms with E-state index in [9.17, 15) is 28.0 Å². The lowest BCUT2D eigenvalue weighted by molar-refractivity contribution is -0.176. The van der Waals surface area contributed by atoms with E-state index < -0.39 is 40.9 Å². The summed E-state index contributed by atoms with van der Waals surface area (Å²) in [5, 5.41) is 17.7. The van der Waals surface area contributed by atoms with Crippen LogP contribution in [0.1, 0.15) is 71.3 Å². The molecule has 1 aromatic carbocycles. The van der Waals surface area contributed by atoms with Gasteiger partial charge in [0.05, 0.1) is 36.1 Å². The van der Waals surface area contributed by atoms with E-state index in [0.29, 0.717) is 24.0 Å². The fourth-order valence-corrected chi connectivity index (χ4v) is 5.16. The lowest BCUT2D eigenvalue weighted by Crippen LogP contribution is -2.47. The molecule has 220 valence electrons. The summed E-state index contributed by atoms with van der Waals surface area (Å²) in [6.07, 6.45) is -2.66. The van der Waals surface area contributed by atoms with Crippen LogP contribution in [0.2, 0.25) is 0 Å². The number of esters is 1. The van der Waals surface area contributed by atoms with Gasteiger partial charge in [0.2, 0.25) is 0 Å². The first-order valence-corrected chi connectivity index (χ1v) is 13.5. The Morgan fingerprint density at radius 3 is 2.56 bits per heavy atom. The normalized spacial score (nSPS) is 20.4. The summed E-state index contributed by atoms with van der Waals surface area (Å²) in [6, 6.07) is 9.72. The molecule has 3 atom stereocenters. The van der Waals surface area contributed by atoms with Gasteiger partial charge in [0.25, 0.3) is 5.56 Å². The lowest BCUT2D eigenvalue weighted by Gasteiger charge is -2.39. The molecule has 0 aliphatic carbocycles. The van der Waals surface area contributed by atoms with Crippen molar-refractivity contribution < 1.29 is 27.4 Å². The number of halogens is 3. The van der Waals surface area contributed by atoms with Gasteiger partial charge in [0.1, 0.15) is 11.0 Å². The fraction of sp³-hybridized carbons (Fsp3) is 0.517. The van der Waals surface area contributed by atoms with E-state index in [4.69, 9.17) is 9.47 Å². The van der Waals surface area contributed by atoms with Crippen molar-refractivity contribution in [2.75, 3.05) is 11.9 Å². The summed E-state index contributed by atoms with van der Waals surface area (Å²) in [7, 11) is 0. The predicted octanol–water partition coefficient (Wildman–Crippen LogP) is 6.04. The van der Waals surface area contributed by atoms with E-state index in [2.05, 4.69) is 21.5 Å². The number of anilines is 2. The average Bonchev–Trinajstić information content (AvgIpc) is 3.27. The maximum atomic E-state index is 13.6. The highest BCUT2D eigenvalue weighted by molar-refractivity contribution is 5.91. The van der Waals surface area contributed by atoms with Crippen molar-refractivity contribution in [1.82, 2.24) is 14.8 Å². The van der Waals surface area contributed by atoms with Crippen molar-refractivity contribution in [1.29, 1.82) is 5.26 Å². The van der Waals surface area contributed by atoms with Crippen LogP contribution in [0.3, 0.4) is 0 Å². The highest BCUT2D eigenvalue weighted by atomic mass is 19.4. The topological polar surface area (TPSA) is 122 Å². The first-order valence-electron chi connectivity index (χ1n) is 13.5. The predicted molar refractivity (Wildman–Crippen MR) is 147 cm³/mol. The third-order valence-corrected chi connectivity index (χ3v) is 7.10. The molecule has 1 unspecified atom stereocenters. The number of carbonyl (C=O) groups excluding carboxylic acids is 1. The summed E-state index contributed by atoms with van der Waals surface area (Å²) in [5.41, 5.74) is -1.02. The van der Waals surface area contributed by atoms with Gasteiger partial charge in [-0.05, 0) is 63.8 Å². The molecule has 0 bridgehead atoms. The number of nitrogens with one attached hydrogen (secondary N) is 2. The van der Waals surface area contributed by atoms with Crippen LogP contribution in [0.5, 0.6) is 0 Å². The third-order valence-electron chi connectivity index (χ3n) is 7.10. The molecule has 0 saturated carbocycles. The van der Waals surface area contributed by atoms with Crippen LogP contribution in [-0.4, -0.2) is 45.2 Å². The van der Waals surface area contributed by atoms with Crippen LogP contribution in [0.15, 0.2) is 41.3 Å². The quantitative estimate of drug-likeness (QED) is 0.315. The van der Waals surface area contributed by atoms with E-state index >= 15 is 0 Å². The van der Waals surface area contributed by atoms with Crippen molar-refractivity contribution in [3.8, 4) is 6.07 Å². The largest absolute Gasteiger partial charge is 0.458 e. The number of nitrogens with zero attached hydrogens (tertiary/aromatic N) is 3. The van der Waals surface area contributed by atoms with Gasteiger partial charge in [-0.1, -0.05) is 25.5 Å². The second-order valence-corrected chi connectivity index (χ2v) is 11.4. The molecule has 1 saturated heterocycles. The van der Waals surface area contributed by atoms with Gasteiger partial charge < -0.3 is 19.8 Å². The SMILES string of the molecule is CCCC(c1ccc(Nc2nn([C@]3(CC#N)CC[C@@H](C(=O)OC(C)(C)C)OC3)c3cc[nH]c(=O)c23)cc1)C(F)(F)F. The number of carbonyl (C=O) groups is 1. The molecule has 0 radical (unpaired) electrons. The van der Waals surface area contributed by atoms with Crippen molar-refractivity contribution in [2.24, 2.45) is 0 Å². The van der Waals surface area contributed by atoms with Gasteiger partial charge in [-0.25, -0.2) is 4.79 Å². The molecular formula is C29H34F3N5O4. The molecule has 3 heterocycles. The zero-order valence-corrected chi connectivity index (χ0v) is 23.5. The van der Waals surface area contributed by atoms with Crippen LogP contribution < -0.4 is 10.9 Å². The molecular weight excluding hydrogens is 539 g/mol. The van der Waals surface area contributed by atoms with E-state index in [1.165, 1.54) is 30.5 Å². The number of hydrogen-bond donors (Lipinski definition) is 2. The molecule has 2 N–H and O–H groups in total. The van der Waals surface area contributed by atoms with E-state index in [1.807, 2.05) is 0 Å². The van der Waals surface area contributed by atoms with Gasteiger partial charge >= 0.3 is 12.1 Å². The minimum Gasteiger partial charge on any atom is -0.458 e. The smallest absolute Gasteiger partial charge is 0.395 e. The summed E-state index contributed by atoms with van der Waals surface area (Å²) < 4.78 is 53.6. The van der Waals surface area contributed by atoms with Crippen LogP contribution >= 0.6 is 0 Å². The molecule has 3 aromatic rings. The molecule has 1 fully saturated rings. The first kappa shape index (κ1) is 30.1. The summed E-state index contributed by atoms with van der Waals surface area (Å²) >= 11 is 0. The van der Waals surface area contributed by atoms with E-state index in [1.54, 1.807) is 38.4 Å².